The van der Waals surface area contributed by atoms with E-state index in [1.807, 2.05) is 0 Å². The topological polar surface area (TPSA) is 18.5 Å². The lowest BCUT2D eigenvalue weighted by Crippen LogP contribution is -2.74. The lowest BCUT2D eigenvalue weighted by Gasteiger charge is -2.43. The molecule has 0 heterocycles. The van der Waals surface area contributed by atoms with Crippen LogP contribution in [0.2, 0.25) is 12.1 Å². The summed E-state index contributed by atoms with van der Waals surface area (Å²) in [5.41, 5.74) is 0. The second-order valence-electron chi connectivity index (χ2n) is 7.28. The molecule has 36 heavy (non-hydrogen) atoms. The Kier molecular flexibility index (Phi) is 9.95. The molecule has 218 valence electrons. The third kappa shape index (κ3) is 5.26. The number of hydrogen-bond acceptors (Lipinski definition) is 2. The quantitative estimate of drug-likeness (QED) is 0.150. The minimum Gasteiger partial charge on any atom is -0.394 e. The Morgan fingerprint density at radius 3 is 1.06 bits per heavy atom. The van der Waals surface area contributed by atoms with Crippen LogP contribution in [0.4, 0.5) is 74.6 Å². The van der Waals surface area contributed by atoms with E-state index in [1.54, 1.807) is 0 Å². The monoisotopic (exact) mass is 594 g/mol. The van der Waals surface area contributed by atoms with Crippen molar-refractivity contribution in [2.24, 2.45) is 0 Å². The largest absolute Gasteiger partial charge is 0.460 e. The average Bonchev–Trinajstić information content (AvgIpc) is 2.70. The Labute approximate surface area is 193 Å². The van der Waals surface area contributed by atoms with Crippen LogP contribution in [0, 0.1) is 0 Å². The van der Waals surface area contributed by atoms with E-state index >= 15 is 0 Å². The van der Waals surface area contributed by atoms with Crippen LogP contribution in [0.15, 0.2) is 0 Å². The standard InChI is InChI=1S/C16H19F17O2Si/c1-4-34-36(6-3,35-5-2)8-7-9(17,18)10(19,20)11(21,22)12(23,24)13(25,26)14(27,28)15(29,30)16(31,32)33/h4-8H2,1-3H3. The first-order valence-corrected chi connectivity index (χ1v) is 11.9. The SMILES string of the molecule is CCO[Si](CC)(CCC(F)(F)C(F)(F)C(F)(F)C(F)(F)C(F)(F)C(F)(F)C(F)(F)C(F)(F)F)OCC. The number of halogens is 17. The van der Waals surface area contributed by atoms with Gasteiger partial charge in [-0.05, 0) is 25.9 Å². The maximum Gasteiger partial charge on any atom is 0.460 e. The summed E-state index contributed by atoms with van der Waals surface area (Å²) in [4.78, 5) is 0. The molecule has 0 saturated carbocycles. The summed E-state index contributed by atoms with van der Waals surface area (Å²) in [5, 5.41) is 0. The molecule has 0 N–H and O–H groups in total. The van der Waals surface area contributed by atoms with Gasteiger partial charge in [-0.25, -0.2) is 0 Å². The zero-order valence-electron chi connectivity index (χ0n) is 18.3. The molecule has 0 radical (unpaired) electrons. The van der Waals surface area contributed by atoms with E-state index in [-0.39, 0.29) is 19.3 Å². The highest BCUT2D eigenvalue weighted by molar-refractivity contribution is 6.67. The van der Waals surface area contributed by atoms with Crippen molar-refractivity contribution < 1.29 is 83.5 Å². The summed E-state index contributed by atoms with van der Waals surface area (Å²) in [6.45, 7) is 3.13. The molecule has 0 bridgehead atoms. The van der Waals surface area contributed by atoms with E-state index < -0.39 is 68.7 Å². The van der Waals surface area contributed by atoms with Crippen LogP contribution >= 0.6 is 0 Å². The first-order chi connectivity index (χ1) is 15.6. The molecule has 0 aliphatic heterocycles. The molecule has 0 aromatic heterocycles. The molecule has 0 fully saturated rings. The van der Waals surface area contributed by atoms with E-state index in [1.165, 1.54) is 20.8 Å². The van der Waals surface area contributed by atoms with Crippen molar-refractivity contribution in [1.29, 1.82) is 0 Å². The highest BCUT2D eigenvalue weighted by Gasteiger charge is 2.95. The molecule has 0 unspecified atom stereocenters. The van der Waals surface area contributed by atoms with Gasteiger partial charge in [0.15, 0.2) is 0 Å². The van der Waals surface area contributed by atoms with E-state index in [9.17, 15) is 74.6 Å². The van der Waals surface area contributed by atoms with Gasteiger partial charge in [-0.3, -0.25) is 0 Å². The molecular weight excluding hydrogens is 575 g/mol. The van der Waals surface area contributed by atoms with Gasteiger partial charge in [-0.2, -0.15) is 74.6 Å². The van der Waals surface area contributed by atoms with Gasteiger partial charge in [-0.15, -0.1) is 0 Å². The van der Waals surface area contributed by atoms with Crippen molar-refractivity contribution in [3.63, 3.8) is 0 Å². The first kappa shape index (κ1) is 34.9. The van der Waals surface area contributed by atoms with Crippen molar-refractivity contribution in [2.45, 2.75) is 86.9 Å². The predicted molar refractivity (Wildman–Crippen MR) is 89.6 cm³/mol. The van der Waals surface area contributed by atoms with E-state index in [4.69, 9.17) is 8.85 Å². The third-order valence-electron chi connectivity index (χ3n) is 4.96. The van der Waals surface area contributed by atoms with Gasteiger partial charge >= 0.3 is 56.2 Å². The number of rotatable bonds is 14. The molecule has 0 rings (SSSR count). The Morgan fingerprint density at radius 1 is 0.472 bits per heavy atom. The lowest BCUT2D eigenvalue weighted by atomic mass is 9.88. The van der Waals surface area contributed by atoms with Crippen LogP contribution in [-0.4, -0.2) is 69.4 Å². The van der Waals surface area contributed by atoms with Gasteiger partial charge in [0.1, 0.15) is 0 Å². The van der Waals surface area contributed by atoms with E-state index in [2.05, 4.69) is 0 Å². The van der Waals surface area contributed by atoms with Crippen molar-refractivity contribution in [3.8, 4) is 0 Å². The number of alkyl halides is 17. The Morgan fingerprint density at radius 2 is 0.778 bits per heavy atom. The van der Waals surface area contributed by atoms with Gasteiger partial charge in [0.25, 0.3) is 0 Å². The summed E-state index contributed by atoms with van der Waals surface area (Å²) < 4.78 is 236. The zero-order chi connectivity index (χ0) is 29.4. The highest BCUT2D eigenvalue weighted by atomic mass is 28.4. The normalized spacial score (nSPS) is 16.0. The fourth-order valence-corrected chi connectivity index (χ4v) is 5.67. The van der Waals surface area contributed by atoms with Crippen LogP contribution in [0.5, 0.6) is 0 Å². The summed E-state index contributed by atoms with van der Waals surface area (Å²) in [6.07, 6.45) is -10.3. The summed E-state index contributed by atoms with van der Waals surface area (Å²) in [6, 6.07) is -1.66. The maximum atomic E-state index is 14.1. The van der Waals surface area contributed by atoms with Crippen LogP contribution in [0.25, 0.3) is 0 Å². The van der Waals surface area contributed by atoms with Crippen molar-refractivity contribution >= 4 is 8.56 Å². The minimum absolute atomic E-state index is 0.301. The highest BCUT2D eigenvalue weighted by Crippen LogP contribution is 2.64. The zero-order valence-corrected chi connectivity index (χ0v) is 19.3. The molecular formula is C16H19F17O2Si. The van der Waals surface area contributed by atoms with Gasteiger partial charge in [0.05, 0.1) is 0 Å². The van der Waals surface area contributed by atoms with Crippen molar-refractivity contribution in [3.05, 3.63) is 0 Å². The second kappa shape index (κ2) is 10.3. The lowest BCUT2D eigenvalue weighted by molar-refractivity contribution is -0.461. The van der Waals surface area contributed by atoms with E-state index in [0.29, 0.717) is 0 Å². The summed E-state index contributed by atoms with van der Waals surface area (Å²) >= 11 is 0. The molecule has 2 nitrogen and oxygen atoms in total. The molecule has 0 aliphatic rings. The minimum atomic E-state index is -8.62. The average molecular weight is 594 g/mol. The second-order valence-corrected chi connectivity index (χ2v) is 10.9. The maximum absolute atomic E-state index is 14.1. The van der Waals surface area contributed by atoms with Crippen LogP contribution in [0.3, 0.4) is 0 Å². The fraction of sp³-hybridized carbons (Fsp3) is 1.00. The van der Waals surface area contributed by atoms with Crippen LogP contribution < -0.4 is 0 Å². The summed E-state index contributed by atoms with van der Waals surface area (Å²) in [7, 11) is -3.91. The van der Waals surface area contributed by atoms with E-state index in [0.717, 1.165) is 0 Å². The number of hydrogen-bond donors (Lipinski definition) is 0. The Bertz CT molecular complexity index is 729. The molecule has 20 heteroatoms. The molecule has 0 amide bonds. The Hall–Kier alpha value is -1.05. The van der Waals surface area contributed by atoms with Gasteiger partial charge in [0.2, 0.25) is 0 Å². The molecule has 0 aromatic rings. The third-order valence-corrected chi connectivity index (χ3v) is 8.68. The molecule has 0 aliphatic carbocycles. The molecule has 0 spiro atoms. The summed E-state index contributed by atoms with van der Waals surface area (Å²) in [5.74, 6) is -56.3. The smallest absolute Gasteiger partial charge is 0.394 e. The van der Waals surface area contributed by atoms with Crippen molar-refractivity contribution in [1.82, 2.24) is 0 Å². The predicted octanol–water partition coefficient (Wildman–Crippen LogP) is 7.92. The van der Waals surface area contributed by atoms with Crippen LogP contribution in [0.1, 0.15) is 27.2 Å². The Balaban J connectivity index is 6.55. The van der Waals surface area contributed by atoms with Crippen LogP contribution in [-0.2, 0) is 8.85 Å². The first-order valence-electron chi connectivity index (χ1n) is 9.63. The van der Waals surface area contributed by atoms with Crippen molar-refractivity contribution in [2.75, 3.05) is 13.2 Å². The fourth-order valence-electron chi connectivity index (χ4n) is 2.79. The molecule has 0 saturated heterocycles. The molecule has 0 aromatic carbocycles. The van der Waals surface area contributed by atoms with Gasteiger partial charge in [0, 0.05) is 19.6 Å². The molecule has 0 atom stereocenters. The van der Waals surface area contributed by atoms with Gasteiger partial charge in [-0.1, -0.05) is 6.92 Å². The van der Waals surface area contributed by atoms with Gasteiger partial charge < -0.3 is 8.85 Å².